The first-order valence-electron chi connectivity index (χ1n) is 9.79. The molecule has 0 aromatic heterocycles. The van der Waals surface area contributed by atoms with Gasteiger partial charge in [0.2, 0.25) is 5.72 Å². The lowest BCUT2D eigenvalue weighted by molar-refractivity contribution is -0.147. The van der Waals surface area contributed by atoms with Crippen molar-refractivity contribution in [1.29, 1.82) is 0 Å². The Hall–Kier alpha value is -2.24. The number of hydrazone groups is 1. The van der Waals surface area contributed by atoms with Gasteiger partial charge in [0.25, 0.3) is 0 Å². The first kappa shape index (κ1) is 17.8. The van der Waals surface area contributed by atoms with Gasteiger partial charge in [-0.2, -0.15) is 5.10 Å². The molecule has 5 rings (SSSR count). The molecule has 6 heteroatoms. The number of benzene rings is 2. The zero-order valence-electron chi connectivity index (χ0n) is 16.2. The monoisotopic (exact) mass is 397 g/mol. The van der Waals surface area contributed by atoms with Crippen molar-refractivity contribution in [3.05, 3.63) is 58.1 Å². The van der Waals surface area contributed by atoms with E-state index >= 15 is 0 Å². The Morgan fingerprint density at radius 2 is 1.96 bits per heavy atom. The number of halogens is 1. The number of hydrogen-bond donors (Lipinski definition) is 1. The highest BCUT2D eigenvalue weighted by Crippen LogP contribution is 2.50. The van der Waals surface area contributed by atoms with E-state index in [9.17, 15) is 5.11 Å². The molecule has 146 valence electrons. The molecule has 0 radical (unpaired) electrons. The van der Waals surface area contributed by atoms with Crippen molar-refractivity contribution in [2.75, 3.05) is 20.1 Å². The number of likely N-dealkylation sites (tertiary alicyclic amines) is 1. The minimum absolute atomic E-state index is 0.0702. The van der Waals surface area contributed by atoms with Crippen molar-refractivity contribution in [3.8, 4) is 11.5 Å². The largest absolute Gasteiger partial charge is 0.507 e. The van der Waals surface area contributed by atoms with Gasteiger partial charge >= 0.3 is 0 Å². The van der Waals surface area contributed by atoms with Crippen LogP contribution in [0.3, 0.4) is 0 Å². The van der Waals surface area contributed by atoms with Crippen molar-refractivity contribution in [3.63, 3.8) is 0 Å². The molecule has 0 aliphatic carbocycles. The second-order valence-corrected chi connectivity index (χ2v) is 8.60. The van der Waals surface area contributed by atoms with Gasteiger partial charge in [-0.25, -0.2) is 5.01 Å². The predicted octanol–water partition coefficient (Wildman–Crippen LogP) is 4.32. The molecule has 1 fully saturated rings. The minimum atomic E-state index is -0.445. The number of aryl methyl sites for hydroxylation is 1. The molecular formula is C22H24ClN3O2. The topological polar surface area (TPSA) is 48.3 Å². The van der Waals surface area contributed by atoms with Gasteiger partial charge in [0.1, 0.15) is 11.5 Å². The maximum absolute atomic E-state index is 10.4. The molecule has 0 bridgehead atoms. The molecule has 28 heavy (non-hydrogen) atoms. The second-order valence-electron chi connectivity index (χ2n) is 8.17. The summed E-state index contributed by atoms with van der Waals surface area (Å²) in [6.07, 6.45) is 2.50. The number of hydrogen-bond acceptors (Lipinski definition) is 5. The Labute approximate surface area is 170 Å². The Morgan fingerprint density at radius 3 is 2.75 bits per heavy atom. The van der Waals surface area contributed by atoms with Crippen LogP contribution >= 0.6 is 11.6 Å². The highest BCUT2D eigenvalue weighted by molar-refractivity contribution is 6.30. The molecule has 0 saturated carbocycles. The van der Waals surface area contributed by atoms with Crippen LogP contribution in [0.15, 0.2) is 41.5 Å². The lowest BCUT2D eigenvalue weighted by Gasteiger charge is -2.50. The fraction of sp³-hybridized carbons (Fsp3) is 0.409. The summed E-state index contributed by atoms with van der Waals surface area (Å²) in [5, 5.41) is 18.3. The van der Waals surface area contributed by atoms with E-state index in [1.54, 1.807) is 6.07 Å². The summed E-state index contributed by atoms with van der Waals surface area (Å²) in [5.74, 6) is 1.17. The van der Waals surface area contributed by atoms with Gasteiger partial charge in [-0.15, -0.1) is 0 Å². The molecule has 2 aromatic rings. The van der Waals surface area contributed by atoms with Gasteiger partial charge < -0.3 is 14.7 Å². The summed E-state index contributed by atoms with van der Waals surface area (Å²) in [6, 6.07) is 11.6. The van der Waals surface area contributed by atoms with Crippen molar-refractivity contribution >= 4 is 17.3 Å². The van der Waals surface area contributed by atoms with Crippen molar-refractivity contribution in [1.82, 2.24) is 9.91 Å². The van der Waals surface area contributed by atoms with E-state index < -0.39 is 5.72 Å². The fourth-order valence-electron chi connectivity index (χ4n) is 4.60. The number of nitrogens with zero attached hydrogens (tertiary/aromatic N) is 3. The SMILES string of the molecule is Cc1ccc(O)c(C2=NN3C(C2)c2cc(Cl)ccc2OC32CCN(C)CC2)c1. The van der Waals surface area contributed by atoms with Gasteiger partial charge in [-0.1, -0.05) is 23.2 Å². The highest BCUT2D eigenvalue weighted by atomic mass is 35.5. The summed E-state index contributed by atoms with van der Waals surface area (Å²) in [7, 11) is 2.14. The lowest BCUT2D eigenvalue weighted by Crippen LogP contribution is -2.58. The van der Waals surface area contributed by atoms with Crippen LogP contribution < -0.4 is 4.74 Å². The molecule has 5 nitrogen and oxygen atoms in total. The number of piperidine rings is 1. The molecule has 0 amide bonds. The predicted molar refractivity (Wildman–Crippen MR) is 110 cm³/mol. The third-order valence-corrected chi connectivity index (χ3v) is 6.43. The van der Waals surface area contributed by atoms with Crippen LogP contribution in [0.1, 0.15) is 42.0 Å². The number of phenolic OH excluding ortho intramolecular Hbond substituents is 1. The van der Waals surface area contributed by atoms with E-state index in [4.69, 9.17) is 21.4 Å². The normalized spacial score (nSPS) is 23.2. The van der Waals surface area contributed by atoms with E-state index in [0.29, 0.717) is 5.02 Å². The summed E-state index contributed by atoms with van der Waals surface area (Å²) < 4.78 is 6.59. The molecule has 3 heterocycles. The molecule has 1 atom stereocenters. The summed E-state index contributed by atoms with van der Waals surface area (Å²) >= 11 is 6.30. The van der Waals surface area contributed by atoms with Gasteiger partial charge in [0.15, 0.2) is 0 Å². The van der Waals surface area contributed by atoms with Crippen LogP contribution in [0, 0.1) is 6.92 Å². The molecule has 1 spiro atoms. The summed E-state index contributed by atoms with van der Waals surface area (Å²) in [6.45, 7) is 3.96. The van der Waals surface area contributed by atoms with E-state index in [-0.39, 0.29) is 11.8 Å². The molecular weight excluding hydrogens is 374 g/mol. The van der Waals surface area contributed by atoms with E-state index in [0.717, 1.165) is 60.5 Å². The molecule has 1 saturated heterocycles. The maximum atomic E-state index is 10.4. The van der Waals surface area contributed by atoms with E-state index in [2.05, 4.69) is 17.0 Å². The summed E-state index contributed by atoms with van der Waals surface area (Å²) in [5.41, 5.74) is 3.44. The highest BCUT2D eigenvalue weighted by Gasteiger charge is 2.51. The fourth-order valence-corrected chi connectivity index (χ4v) is 4.78. The van der Waals surface area contributed by atoms with Crippen LogP contribution in [0.2, 0.25) is 5.02 Å². The van der Waals surface area contributed by atoms with Gasteiger partial charge in [0, 0.05) is 48.5 Å². The number of ether oxygens (including phenoxy) is 1. The smallest absolute Gasteiger partial charge is 0.200 e. The first-order chi connectivity index (χ1) is 13.4. The lowest BCUT2D eigenvalue weighted by atomic mass is 9.90. The zero-order chi connectivity index (χ0) is 19.5. The van der Waals surface area contributed by atoms with Crippen LogP contribution in [-0.4, -0.2) is 46.6 Å². The van der Waals surface area contributed by atoms with Crippen molar-refractivity contribution in [2.45, 2.75) is 38.0 Å². The van der Waals surface area contributed by atoms with Gasteiger partial charge in [-0.3, -0.25) is 0 Å². The average Bonchev–Trinajstić information content (AvgIpc) is 3.13. The standard InChI is InChI=1S/C22H24ClN3O2/c1-14-3-5-20(27)16(11-14)18-13-19-17-12-15(23)4-6-21(17)28-22(26(19)24-18)7-9-25(2)10-8-22/h3-6,11-12,19,27H,7-10,13H2,1-2H3. The van der Waals surface area contributed by atoms with Gasteiger partial charge in [-0.05, 0) is 44.3 Å². The van der Waals surface area contributed by atoms with E-state index in [1.807, 2.05) is 37.3 Å². The number of fused-ring (bicyclic) bond motifs is 4. The Bertz CT molecular complexity index is 966. The van der Waals surface area contributed by atoms with Crippen molar-refractivity contribution in [2.24, 2.45) is 5.10 Å². The molecule has 3 aliphatic heterocycles. The zero-order valence-corrected chi connectivity index (χ0v) is 16.9. The minimum Gasteiger partial charge on any atom is -0.507 e. The molecule has 3 aliphatic rings. The third-order valence-electron chi connectivity index (χ3n) is 6.19. The Morgan fingerprint density at radius 1 is 1.18 bits per heavy atom. The maximum Gasteiger partial charge on any atom is 0.200 e. The second kappa shape index (κ2) is 6.39. The molecule has 1 unspecified atom stereocenters. The van der Waals surface area contributed by atoms with Crippen LogP contribution in [-0.2, 0) is 0 Å². The summed E-state index contributed by atoms with van der Waals surface area (Å²) in [4.78, 5) is 2.33. The molecule has 1 N–H and O–H groups in total. The number of aromatic hydroxyl groups is 1. The van der Waals surface area contributed by atoms with Gasteiger partial charge in [0.05, 0.1) is 11.8 Å². The van der Waals surface area contributed by atoms with Crippen molar-refractivity contribution < 1.29 is 9.84 Å². The van der Waals surface area contributed by atoms with Crippen LogP contribution in [0.25, 0.3) is 0 Å². The van der Waals surface area contributed by atoms with Crippen LogP contribution in [0.5, 0.6) is 11.5 Å². The quantitative estimate of drug-likeness (QED) is 0.778. The number of phenols is 1. The first-order valence-corrected chi connectivity index (χ1v) is 10.2. The van der Waals surface area contributed by atoms with Crippen LogP contribution in [0.4, 0.5) is 0 Å². The Kier molecular flexibility index (Phi) is 4.07. The number of rotatable bonds is 1. The van der Waals surface area contributed by atoms with E-state index in [1.165, 1.54) is 0 Å². The average molecular weight is 398 g/mol. The third kappa shape index (κ3) is 2.76. The Balaban J connectivity index is 1.61. The molecule has 2 aromatic carbocycles.